The summed E-state index contributed by atoms with van der Waals surface area (Å²) in [6, 6.07) is 10.7. The van der Waals surface area contributed by atoms with Gasteiger partial charge in [-0.2, -0.15) is 0 Å². The number of benzene rings is 2. The average Bonchev–Trinajstić information content (AvgIpc) is 2.90. The third-order valence-corrected chi connectivity index (χ3v) is 5.17. The van der Waals surface area contributed by atoms with Gasteiger partial charge in [0.15, 0.2) is 5.11 Å². The number of carbonyl (C=O) groups is 1. The minimum atomic E-state index is -0.181. The summed E-state index contributed by atoms with van der Waals surface area (Å²) >= 11 is 17.3. The monoisotopic (exact) mass is 422 g/mol. The largest absolute Gasteiger partial charge is 0.496 e. The Bertz CT molecular complexity index is 947. The van der Waals surface area contributed by atoms with E-state index in [4.69, 9.17) is 44.9 Å². The number of nitrogens with one attached hydrogen (secondary N) is 1. The summed E-state index contributed by atoms with van der Waals surface area (Å²) in [6.07, 6.45) is 1.73. The van der Waals surface area contributed by atoms with Crippen LogP contribution in [0.5, 0.6) is 11.5 Å². The molecule has 0 aliphatic carbocycles. The van der Waals surface area contributed by atoms with E-state index in [1.54, 1.807) is 38.4 Å². The first kappa shape index (κ1) is 19.5. The third kappa shape index (κ3) is 4.18. The number of thiocarbonyl (C=S) groups is 1. The standard InChI is InChI=1S/C19H16Cl2N2O3S/c1-23-18(24)14(22-19(23)27)9-11-6-7-15(25-2)12(8-11)10-26-16-5-3-4-13(20)17(16)21/h3-9H,10H2,1-2H3,(H,22,27)/b14-9+. The molecule has 1 N–H and O–H groups in total. The number of methoxy groups -OCH3 is 1. The molecule has 27 heavy (non-hydrogen) atoms. The number of amides is 1. The molecule has 2 aromatic carbocycles. The maximum Gasteiger partial charge on any atom is 0.276 e. The zero-order valence-corrected chi connectivity index (χ0v) is 16.9. The fraction of sp³-hybridized carbons (Fsp3) is 0.158. The zero-order valence-electron chi connectivity index (χ0n) is 14.6. The van der Waals surface area contributed by atoms with Gasteiger partial charge >= 0.3 is 0 Å². The van der Waals surface area contributed by atoms with Gasteiger partial charge in [-0.1, -0.05) is 35.3 Å². The average molecular weight is 423 g/mol. The van der Waals surface area contributed by atoms with Crippen LogP contribution in [0.2, 0.25) is 10.0 Å². The minimum absolute atomic E-state index is 0.181. The fourth-order valence-electron chi connectivity index (χ4n) is 2.54. The van der Waals surface area contributed by atoms with E-state index in [1.807, 2.05) is 18.2 Å². The highest BCUT2D eigenvalue weighted by molar-refractivity contribution is 7.80. The predicted octanol–water partition coefficient (Wildman–Crippen LogP) is 4.27. The normalized spacial score (nSPS) is 15.3. The Morgan fingerprint density at radius 2 is 2.00 bits per heavy atom. The molecule has 1 saturated heterocycles. The molecule has 0 atom stereocenters. The molecule has 0 spiro atoms. The lowest BCUT2D eigenvalue weighted by molar-refractivity contribution is -0.121. The van der Waals surface area contributed by atoms with Crippen molar-refractivity contribution in [3.8, 4) is 11.5 Å². The number of hydrogen-bond acceptors (Lipinski definition) is 4. The van der Waals surface area contributed by atoms with Crippen LogP contribution in [0.3, 0.4) is 0 Å². The van der Waals surface area contributed by atoms with Crippen LogP contribution >= 0.6 is 35.4 Å². The zero-order chi connectivity index (χ0) is 19.6. The van der Waals surface area contributed by atoms with E-state index in [-0.39, 0.29) is 12.5 Å². The second kappa shape index (κ2) is 8.17. The number of ether oxygens (including phenoxy) is 2. The van der Waals surface area contributed by atoms with Crippen LogP contribution < -0.4 is 14.8 Å². The SMILES string of the molecule is COc1ccc(/C=C2/NC(=S)N(C)C2=O)cc1COc1cccc(Cl)c1Cl. The van der Waals surface area contributed by atoms with Gasteiger partial charge in [-0.25, -0.2) is 0 Å². The number of rotatable bonds is 5. The van der Waals surface area contributed by atoms with Gasteiger partial charge in [-0.15, -0.1) is 0 Å². The van der Waals surface area contributed by atoms with E-state index in [1.165, 1.54) is 4.90 Å². The summed E-state index contributed by atoms with van der Waals surface area (Å²) in [5, 5.41) is 4.05. The molecule has 1 aliphatic heterocycles. The highest BCUT2D eigenvalue weighted by Crippen LogP contribution is 2.33. The molecule has 1 aliphatic rings. The first-order valence-corrected chi connectivity index (χ1v) is 9.11. The van der Waals surface area contributed by atoms with Crippen molar-refractivity contribution in [3.05, 3.63) is 63.3 Å². The molecule has 140 valence electrons. The summed E-state index contributed by atoms with van der Waals surface area (Å²) in [4.78, 5) is 13.5. The van der Waals surface area contributed by atoms with E-state index in [0.29, 0.717) is 32.4 Å². The molecule has 3 rings (SSSR count). The van der Waals surface area contributed by atoms with Crippen LogP contribution in [0.15, 0.2) is 42.1 Å². The molecule has 0 aromatic heterocycles. The Kier molecular flexibility index (Phi) is 5.89. The van der Waals surface area contributed by atoms with Gasteiger partial charge in [0.25, 0.3) is 5.91 Å². The van der Waals surface area contributed by atoms with Gasteiger partial charge in [0.05, 0.1) is 12.1 Å². The second-order valence-electron chi connectivity index (χ2n) is 5.76. The molecule has 0 radical (unpaired) electrons. The molecular weight excluding hydrogens is 407 g/mol. The number of hydrogen-bond donors (Lipinski definition) is 1. The van der Waals surface area contributed by atoms with Crippen molar-refractivity contribution in [2.45, 2.75) is 6.61 Å². The summed E-state index contributed by atoms with van der Waals surface area (Å²) < 4.78 is 11.2. The maximum absolute atomic E-state index is 12.1. The Balaban J connectivity index is 1.85. The van der Waals surface area contributed by atoms with Gasteiger partial charge in [-0.05, 0) is 48.1 Å². The number of likely N-dealkylation sites (N-methyl/N-ethyl adjacent to an activating group) is 1. The summed E-state index contributed by atoms with van der Waals surface area (Å²) in [7, 11) is 3.21. The van der Waals surface area contributed by atoms with E-state index in [2.05, 4.69) is 5.32 Å². The number of halogens is 2. The quantitative estimate of drug-likeness (QED) is 0.575. The molecule has 2 aromatic rings. The minimum Gasteiger partial charge on any atom is -0.496 e. The predicted molar refractivity (Wildman–Crippen MR) is 110 cm³/mol. The van der Waals surface area contributed by atoms with Crippen LogP contribution in [0.1, 0.15) is 11.1 Å². The lowest BCUT2D eigenvalue weighted by Gasteiger charge is -2.12. The highest BCUT2D eigenvalue weighted by atomic mass is 35.5. The van der Waals surface area contributed by atoms with Crippen LogP contribution in [0.25, 0.3) is 6.08 Å². The van der Waals surface area contributed by atoms with Crippen molar-refractivity contribution in [2.75, 3.05) is 14.2 Å². The Morgan fingerprint density at radius 3 is 2.67 bits per heavy atom. The second-order valence-corrected chi connectivity index (χ2v) is 6.94. The van der Waals surface area contributed by atoms with Crippen molar-refractivity contribution in [3.63, 3.8) is 0 Å². The van der Waals surface area contributed by atoms with E-state index in [9.17, 15) is 4.79 Å². The van der Waals surface area contributed by atoms with Crippen LogP contribution in [0.4, 0.5) is 0 Å². The van der Waals surface area contributed by atoms with Gasteiger partial charge < -0.3 is 14.8 Å². The summed E-state index contributed by atoms with van der Waals surface area (Å²) in [6.45, 7) is 0.222. The summed E-state index contributed by atoms with van der Waals surface area (Å²) in [5.41, 5.74) is 2.02. The van der Waals surface area contributed by atoms with Crippen LogP contribution in [-0.2, 0) is 11.4 Å². The highest BCUT2D eigenvalue weighted by Gasteiger charge is 2.26. The maximum atomic E-state index is 12.1. The Morgan fingerprint density at radius 1 is 1.22 bits per heavy atom. The first-order chi connectivity index (χ1) is 12.9. The van der Waals surface area contributed by atoms with Crippen molar-refractivity contribution in [1.29, 1.82) is 0 Å². The number of nitrogens with zero attached hydrogens (tertiary/aromatic N) is 1. The van der Waals surface area contributed by atoms with Crippen molar-refractivity contribution >= 4 is 52.5 Å². The molecule has 0 unspecified atom stereocenters. The molecule has 5 nitrogen and oxygen atoms in total. The van der Waals surface area contributed by atoms with Gasteiger partial charge in [0.1, 0.15) is 28.8 Å². The summed E-state index contributed by atoms with van der Waals surface area (Å²) in [5.74, 6) is 0.961. The Hall–Kier alpha value is -2.28. The molecule has 0 bridgehead atoms. The Labute approximate surface area is 172 Å². The molecule has 1 heterocycles. The van der Waals surface area contributed by atoms with Crippen LogP contribution in [0, 0.1) is 0 Å². The number of carbonyl (C=O) groups excluding carboxylic acids is 1. The smallest absolute Gasteiger partial charge is 0.276 e. The van der Waals surface area contributed by atoms with E-state index >= 15 is 0 Å². The lowest BCUT2D eigenvalue weighted by Crippen LogP contribution is -2.25. The van der Waals surface area contributed by atoms with Gasteiger partial charge in [0, 0.05) is 12.6 Å². The third-order valence-electron chi connectivity index (χ3n) is 4.00. The van der Waals surface area contributed by atoms with E-state index in [0.717, 1.165) is 11.1 Å². The fourth-order valence-corrected chi connectivity index (χ4v) is 3.08. The van der Waals surface area contributed by atoms with Gasteiger partial charge in [0.2, 0.25) is 0 Å². The van der Waals surface area contributed by atoms with E-state index < -0.39 is 0 Å². The first-order valence-electron chi connectivity index (χ1n) is 7.95. The van der Waals surface area contributed by atoms with Crippen LogP contribution in [-0.4, -0.2) is 30.1 Å². The molecule has 1 amide bonds. The molecule has 0 saturated carbocycles. The molecule has 1 fully saturated rings. The van der Waals surface area contributed by atoms with Gasteiger partial charge in [-0.3, -0.25) is 9.69 Å². The van der Waals surface area contributed by atoms with Crippen molar-refractivity contribution in [2.24, 2.45) is 0 Å². The molecular formula is C19H16Cl2N2O3S. The topological polar surface area (TPSA) is 50.8 Å². The lowest BCUT2D eigenvalue weighted by atomic mass is 10.1. The van der Waals surface area contributed by atoms with Crippen molar-refractivity contribution < 1.29 is 14.3 Å². The van der Waals surface area contributed by atoms with Crippen molar-refractivity contribution in [1.82, 2.24) is 10.2 Å². The molecule has 8 heteroatoms.